The molecule has 0 spiro atoms. The summed E-state index contributed by atoms with van der Waals surface area (Å²) in [4.78, 5) is 17.3. The fourth-order valence-electron chi connectivity index (χ4n) is 5.08. The van der Waals surface area contributed by atoms with Crippen molar-refractivity contribution >= 4 is 45.3 Å². The summed E-state index contributed by atoms with van der Waals surface area (Å²) in [7, 11) is 0. The zero-order valence-electron chi connectivity index (χ0n) is 24.2. The van der Waals surface area contributed by atoms with Gasteiger partial charge in [-0.2, -0.15) is 40.1 Å². The molecule has 230 valence electrons. The molecule has 8 rings (SSSR count). The van der Waals surface area contributed by atoms with Crippen molar-refractivity contribution < 1.29 is 42.1 Å². The van der Waals surface area contributed by atoms with Crippen molar-refractivity contribution in [3.05, 3.63) is 146 Å². The Labute approximate surface area is 309 Å². The third-order valence-corrected chi connectivity index (χ3v) is 8.89. The number of pyridine rings is 2. The summed E-state index contributed by atoms with van der Waals surface area (Å²) in [5.74, 6) is 0.460. The Balaban J connectivity index is 0.00000193. The van der Waals surface area contributed by atoms with Crippen molar-refractivity contribution in [2.24, 2.45) is 0 Å². The number of hydrogen-bond acceptors (Lipinski definition) is 7. The smallest absolute Gasteiger partial charge is 0.327 e. The topological polar surface area (TPSA) is 69.4 Å². The van der Waals surface area contributed by atoms with Crippen LogP contribution in [0.4, 0.5) is 0 Å². The second kappa shape index (κ2) is 14.9. The normalized spacial score (nSPS) is 10.8. The summed E-state index contributed by atoms with van der Waals surface area (Å²) in [5, 5.41) is 10.5. The Morgan fingerprint density at radius 2 is 1.00 bits per heavy atom. The number of fused-ring (bicyclic) bond motifs is 3. The number of benzene rings is 4. The van der Waals surface area contributed by atoms with Gasteiger partial charge < -0.3 is 14.5 Å². The number of aromatic nitrogens is 6. The summed E-state index contributed by atoms with van der Waals surface area (Å²) in [6.45, 7) is 0. The molecule has 47 heavy (non-hydrogen) atoms. The molecule has 4 aromatic carbocycles. The fourth-order valence-corrected chi connectivity index (χ4v) is 6.74. The quantitative estimate of drug-likeness (QED) is 0.148. The van der Waals surface area contributed by atoms with Crippen LogP contribution < -0.4 is 0 Å². The van der Waals surface area contributed by atoms with Crippen LogP contribution in [-0.4, -0.2) is 29.7 Å². The minimum absolute atomic E-state index is 0. The van der Waals surface area contributed by atoms with Crippen molar-refractivity contribution in [3.63, 3.8) is 0 Å². The summed E-state index contributed by atoms with van der Waals surface area (Å²) >= 11 is 3.19. The van der Waals surface area contributed by atoms with E-state index in [1.165, 1.54) is 0 Å². The Kier molecular flexibility index (Phi) is 10.4. The van der Waals surface area contributed by atoms with E-state index >= 15 is 0 Å². The Hall–Kier alpha value is -3.93. The van der Waals surface area contributed by atoms with Crippen molar-refractivity contribution in [3.8, 4) is 28.5 Å². The average Bonchev–Trinajstić information content (AvgIpc) is 3.42. The van der Waals surface area contributed by atoms with E-state index in [4.69, 9.17) is 0 Å². The molecule has 0 bridgehead atoms. The van der Waals surface area contributed by atoms with E-state index in [0.717, 1.165) is 63.9 Å². The van der Waals surface area contributed by atoms with Crippen molar-refractivity contribution in [2.75, 3.05) is 0 Å². The van der Waals surface area contributed by atoms with Gasteiger partial charge in [-0.25, -0.2) is 4.98 Å². The molecule has 0 fully saturated rings. The van der Waals surface area contributed by atoms with Crippen LogP contribution in [-0.2, 0) is 42.1 Å². The Morgan fingerprint density at radius 1 is 0.468 bits per heavy atom. The SMILES string of the molecule is [Pt+2].[Pt+2].[c-]1c(Sc2[c-]c3c(cc2)c2ccc(Sc4[c-]c(-c5ccccn5)ccc4)[c-]c2n3-c2nccnn2)cccc1-c1ccccn1. The zero-order valence-corrected chi connectivity index (χ0v) is 30.4. The third kappa shape index (κ3) is 7.02. The fraction of sp³-hybridized carbons (Fsp3) is 0. The Bertz CT molecular complexity index is 2140. The molecule has 0 radical (unpaired) electrons. The van der Waals surface area contributed by atoms with Gasteiger partial charge in [-0.15, -0.1) is 110 Å². The van der Waals surface area contributed by atoms with Crippen LogP contribution in [0, 0.1) is 24.3 Å². The maximum absolute atomic E-state index is 4.55. The van der Waals surface area contributed by atoms with Crippen LogP contribution >= 0.6 is 23.5 Å². The molecule has 0 amide bonds. The molecule has 0 aliphatic heterocycles. The third-order valence-electron chi connectivity index (χ3n) is 7.06. The van der Waals surface area contributed by atoms with Crippen molar-refractivity contribution in [1.82, 2.24) is 29.7 Å². The van der Waals surface area contributed by atoms with E-state index in [0.29, 0.717) is 5.95 Å². The molecule has 0 saturated heterocycles. The van der Waals surface area contributed by atoms with Crippen molar-refractivity contribution in [1.29, 1.82) is 0 Å². The van der Waals surface area contributed by atoms with E-state index in [1.807, 2.05) is 77.4 Å². The Morgan fingerprint density at radius 3 is 1.47 bits per heavy atom. The molecule has 10 heteroatoms. The minimum atomic E-state index is 0. The molecule has 4 aromatic heterocycles. The van der Waals surface area contributed by atoms with Crippen LogP contribution in [0.5, 0.6) is 0 Å². The summed E-state index contributed by atoms with van der Waals surface area (Å²) in [6.07, 6.45) is 6.81. The zero-order chi connectivity index (χ0) is 30.0. The summed E-state index contributed by atoms with van der Waals surface area (Å²) in [6, 6.07) is 46.6. The predicted molar refractivity (Wildman–Crippen MR) is 177 cm³/mol. The van der Waals surface area contributed by atoms with Gasteiger partial charge in [0.15, 0.2) is 0 Å². The molecular weight excluding hydrogens is 983 g/mol. The molecule has 0 aliphatic rings. The van der Waals surface area contributed by atoms with Crippen LogP contribution in [0.3, 0.4) is 0 Å². The van der Waals surface area contributed by atoms with Gasteiger partial charge in [0.25, 0.3) is 5.95 Å². The molecule has 0 aliphatic carbocycles. The van der Waals surface area contributed by atoms with Gasteiger partial charge in [0, 0.05) is 12.4 Å². The van der Waals surface area contributed by atoms with E-state index < -0.39 is 0 Å². The maximum Gasteiger partial charge on any atom is 2.00 e. The first kappa shape index (κ1) is 33.0. The van der Waals surface area contributed by atoms with E-state index in [1.54, 1.807) is 48.3 Å². The van der Waals surface area contributed by atoms with E-state index in [9.17, 15) is 0 Å². The summed E-state index contributed by atoms with van der Waals surface area (Å²) < 4.78 is 1.98. The molecule has 8 aromatic rings. The van der Waals surface area contributed by atoms with Crippen LogP contribution in [0.1, 0.15) is 0 Å². The van der Waals surface area contributed by atoms with Gasteiger partial charge in [0.1, 0.15) is 0 Å². The van der Waals surface area contributed by atoms with Gasteiger partial charge in [-0.05, 0) is 23.5 Å². The van der Waals surface area contributed by atoms with Crippen LogP contribution in [0.15, 0.2) is 141 Å². The summed E-state index contributed by atoms with van der Waals surface area (Å²) in [5.41, 5.74) is 5.37. The second-order valence-corrected chi connectivity index (χ2v) is 12.1. The standard InChI is InChI=1S/C37H20N6S2.2Pt/c1-3-17-38-33(11-1)25-7-5-9-27(21-25)44-29-13-15-31-32-16-14-30(24-36(32)43(35(31)23-29)37-40-19-20-41-42-37)45-28-10-6-8-26(22-28)34-12-2-4-18-39-34;;/h1-20H;;/q-4;2*+2. The number of hydrogen-bond donors (Lipinski definition) is 0. The molecule has 0 saturated carbocycles. The molecule has 6 nitrogen and oxygen atoms in total. The predicted octanol–water partition coefficient (Wildman–Crippen LogP) is 8.59. The first-order valence-corrected chi connectivity index (χ1v) is 15.7. The van der Waals surface area contributed by atoms with Gasteiger partial charge in [-0.3, -0.25) is 0 Å². The van der Waals surface area contributed by atoms with Gasteiger partial charge in [0.2, 0.25) is 0 Å². The van der Waals surface area contributed by atoms with Gasteiger partial charge in [-0.1, -0.05) is 45.1 Å². The molecule has 4 heterocycles. The van der Waals surface area contributed by atoms with E-state index in [2.05, 4.69) is 73.7 Å². The first-order valence-electron chi connectivity index (χ1n) is 14.1. The number of nitrogens with zero attached hydrogens (tertiary/aromatic N) is 6. The molecule has 0 unspecified atom stereocenters. The van der Waals surface area contributed by atoms with Crippen LogP contribution in [0.2, 0.25) is 0 Å². The van der Waals surface area contributed by atoms with Crippen LogP contribution in [0.25, 0.3) is 50.3 Å². The van der Waals surface area contributed by atoms with Crippen molar-refractivity contribution in [2.45, 2.75) is 19.6 Å². The first-order chi connectivity index (χ1) is 22.3. The monoisotopic (exact) mass is 1000 g/mol. The molecule has 0 atom stereocenters. The largest absolute Gasteiger partial charge is 2.00 e. The molecular formula is C37H20N6Pt2S2. The second-order valence-electron chi connectivity index (χ2n) is 9.94. The van der Waals surface area contributed by atoms with E-state index in [-0.39, 0.29) is 42.1 Å². The molecule has 0 N–H and O–H groups in total. The van der Waals surface area contributed by atoms with Gasteiger partial charge >= 0.3 is 42.1 Å². The maximum atomic E-state index is 4.55. The number of rotatable bonds is 7. The minimum Gasteiger partial charge on any atom is -0.327 e. The van der Waals surface area contributed by atoms with Gasteiger partial charge in [0.05, 0.1) is 12.4 Å². The average molecular weight is 1000 g/mol.